The van der Waals surface area contributed by atoms with Gasteiger partial charge in [0, 0.05) is 22.0 Å². The van der Waals surface area contributed by atoms with Gasteiger partial charge in [0.15, 0.2) is 5.13 Å². The zero-order valence-electron chi connectivity index (χ0n) is 10.9. The number of amides is 1. The summed E-state index contributed by atoms with van der Waals surface area (Å²) in [5.41, 5.74) is 1.19. The second kappa shape index (κ2) is 5.27. The summed E-state index contributed by atoms with van der Waals surface area (Å²) in [6.07, 6.45) is 1.50. The van der Waals surface area contributed by atoms with Crippen molar-refractivity contribution in [3.63, 3.8) is 0 Å². The molecule has 0 aliphatic carbocycles. The van der Waals surface area contributed by atoms with Crippen LogP contribution in [0.4, 0.5) is 5.13 Å². The monoisotopic (exact) mass is 295 g/mol. The number of carbonyl (C=O) groups excluding carboxylic acids is 1. The zero-order chi connectivity index (χ0) is 14.0. The molecule has 100 valence electrons. The highest BCUT2D eigenvalue weighted by Crippen LogP contribution is 2.26. The van der Waals surface area contributed by atoms with Gasteiger partial charge in [-0.15, -0.1) is 11.3 Å². The third-order valence-corrected chi connectivity index (χ3v) is 3.44. The quantitative estimate of drug-likeness (QED) is 0.918. The number of hydrogen-bond acceptors (Lipinski definition) is 4. The topological polar surface area (TPSA) is 54.9 Å². The standard InChI is InChI=1S/C13H14ClN3OS/c1-13(2,3)10-7-19-12(16-10)17-11(18)9-6-8(14)4-5-15-9/h4-7H,1-3H3,(H,16,17,18). The van der Waals surface area contributed by atoms with Gasteiger partial charge in [-0.05, 0) is 12.1 Å². The average molecular weight is 296 g/mol. The zero-order valence-corrected chi connectivity index (χ0v) is 12.5. The highest BCUT2D eigenvalue weighted by Gasteiger charge is 2.18. The lowest BCUT2D eigenvalue weighted by Gasteiger charge is -2.14. The first kappa shape index (κ1) is 14.0. The number of thiazole rings is 1. The van der Waals surface area contributed by atoms with Gasteiger partial charge in [-0.1, -0.05) is 32.4 Å². The summed E-state index contributed by atoms with van der Waals surface area (Å²) >= 11 is 7.22. The van der Waals surface area contributed by atoms with E-state index in [-0.39, 0.29) is 17.0 Å². The number of nitrogens with one attached hydrogen (secondary N) is 1. The lowest BCUT2D eigenvalue weighted by molar-refractivity contribution is 0.102. The summed E-state index contributed by atoms with van der Waals surface area (Å²) in [6.45, 7) is 6.23. The van der Waals surface area contributed by atoms with Crippen LogP contribution in [0.25, 0.3) is 0 Å². The van der Waals surface area contributed by atoms with Crippen LogP contribution in [-0.2, 0) is 5.41 Å². The molecule has 0 unspecified atom stereocenters. The van der Waals surface area contributed by atoms with Gasteiger partial charge in [-0.2, -0.15) is 0 Å². The van der Waals surface area contributed by atoms with E-state index in [0.29, 0.717) is 10.2 Å². The molecule has 1 N–H and O–H groups in total. The van der Waals surface area contributed by atoms with E-state index < -0.39 is 0 Å². The van der Waals surface area contributed by atoms with Crippen LogP contribution in [0.5, 0.6) is 0 Å². The molecule has 0 spiro atoms. The molecule has 0 aliphatic heterocycles. The Labute approximate surface area is 120 Å². The second-order valence-electron chi connectivity index (χ2n) is 5.10. The Morgan fingerprint density at radius 2 is 2.16 bits per heavy atom. The SMILES string of the molecule is CC(C)(C)c1csc(NC(=O)c2cc(Cl)ccn2)n1. The highest BCUT2D eigenvalue weighted by atomic mass is 35.5. The first-order chi connectivity index (χ1) is 8.86. The number of rotatable bonds is 2. The maximum absolute atomic E-state index is 12.0. The predicted octanol–water partition coefficient (Wildman–Crippen LogP) is 3.74. The van der Waals surface area contributed by atoms with Crippen LogP contribution >= 0.6 is 22.9 Å². The van der Waals surface area contributed by atoms with Crippen LogP contribution < -0.4 is 5.32 Å². The fourth-order valence-electron chi connectivity index (χ4n) is 1.37. The van der Waals surface area contributed by atoms with Gasteiger partial charge in [-0.25, -0.2) is 4.98 Å². The molecular formula is C13H14ClN3OS. The first-order valence-corrected chi connectivity index (χ1v) is 7.01. The van der Waals surface area contributed by atoms with Gasteiger partial charge < -0.3 is 0 Å². The molecule has 0 bridgehead atoms. The van der Waals surface area contributed by atoms with Gasteiger partial charge in [0.1, 0.15) is 5.69 Å². The Hall–Kier alpha value is -1.46. The molecule has 2 aromatic heterocycles. The van der Waals surface area contributed by atoms with Crippen molar-refractivity contribution in [1.29, 1.82) is 0 Å². The van der Waals surface area contributed by atoms with E-state index in [4.69, 9.17) is 11.6 Å². The molecule has 4 nitrogen and oxygen atoms in total. The number of anilines is 1. The number of hydrogen-bond donors (Lipinski definition) is 1. The van der Waals surface area contributed by atoms with Crippen molar-refractivity contribution in [3.05, 3.63) is 40.1 Å². The van der Waals surface area contributed by atoms with Gasteiger partial charge in [-0.3, -0.25) is 15.1 Å². The second-order valence-corrected chi connectivity index (χ2v) is 6.40. The minimum absolute atomic E-state index is 0.0339. The molecule has 0 aliphatic rings. The minimum atomic E-state index is -0.308. The van der Waals surface area contributed by atoms with Crippen molar-refractivity contribution >= 4 is 34.0 Å². The van der Waals surface area contributed by atoms with E-state index in [1.165, 1.54) is 23.6 Å². The van der Waals surface area contributed by atoms with Crippen LogP contribution in [-0.4, -0.2) is 15.9 Å². The maximum Gasteiger partial charge on any atom is 0.276 e. The van der Waals surface area contributed by atoms with Gasteiger partial charge in [0.25, 0.3) is 5.91 Å². The summed E-state index contributed by atoms with van der Waals surface area (Å²) in [4.78, 5) is 20.3. The molecule has 0 radical (unpaired) electrons. The molecule has 6 heteroatoms. The predicted molar refractivity (Wildman–Crippen MR) is 78.0 cm³/mol. The highest BCUT2D eigenvalue weighted by molar-refractivity contribution is 7.14. The number of halogens is 1. The number of carbonyl (C=O) groups is 1. The lowest BCUT2D eigenvalue weighted by Crippen LogP contribution is -2.15. The lowest BCUT2D eigenvalue weighted by atomic mass is 9.93. The van der Waals surface area contributed by atoms with E-state index in [1.54, 1.807) is 6.07 Å². The first-order valence-electron chi connectivity index (χ1n) is 5.75. The van der Waals surface area contributed by atoms with Crippen molar-refractivity contribution in [3.8, 4) is 0 Å². The van der Waals surface area contributed by atoms with E-state index in [1.807, 2.05) is 5.38 Å². The third-order valence-electron chi connectivity index (χ3n) is 2.45. The number of aromatic nitrogens is 2. The molecule has 0 atom stereocenters. The van der Waals surface area contributed by atoms with E-state index in [2.05, 4.69) is 36.1 Å². The molecule has 19 heavy (non-hydrogen) atoms. The molecule has 0 saturated heterocycles. The van der Waals surface area contributed by atoms with Crippen LogP contribution in [0.2, 0.25) is 5.02 Å². The molecule has 2 aromatic rings. The van der Waals surface area contributed by atoms with Crippen molar-refractivity contribution in [2.24, 2.45) is 0 Å². The van der Waals surface area contributed by atoms with Crippen LogP contribution in [0.15, 0.2) is 23.7 Å². The molecular weight excluding hydrogens is 282 g/mol. The Bertz CT molecular complexity index is 604. The smallest absolute Gasteiger partial charge is 0.276 e. The number of pyridine rings is 1. The fourth-order valence-corrected chi connectivity index (χ4v) is 2.46. The largest absolute Gasteiger partial charge is 0.296 e. The normalized spacial score (nSPS) is 11.4. The molecule has 0 fully saturated rings. The van der Waals surface area contributed by atoms with Crippen molar-refractivity contribution in [2.75, 3.05) is 5.32 Å². The Morgan fingerprint density at radius 3 is 2.74 bits per heavy atom. The summed E-state index contributed by atoms with van der Waals surface area (Å²) < 4.78 is 0. The Morgan fingerprint density at radius 1 is 1.42 bits per heavy atom. The Kier molecular flexibility index (Phi) is 3.87. The van der Waals surface area contributed by atoms with Gasteiger partial charge in [0.2, 0.25) is 0 Å². The molecule has 0 aromatic carbocycles. The Balaban J connectivity index is 2.13. The molecule has 2 heterocycles. The number of nitrogens with zero attached hydrogens (tertiary/aromatic N) is 2. The van der Waals surface area contributed by atoms with Crippen LogP contribution in [0.1, 0.15) is 37.0 Å². The summed E-state index contributed by atoms with van der Waals surface area (Å²) in [5, 5.41) is 5.72. The van der Waals surface area contributed by atoms with Crippen molar-refractivity contribution in [2.45, 2.75) is 26.2 Å². The van der Waals surface area contributed by atoms with Crippen LogP contribution in [0.3, 0.4) is 0 Å². The summed E-state index contributed by atoms with van der Waals surface area (Å²) in [7, 11) is 0. The maximum atomic E-state index is 12.0. The van der Waals surface area contributed by atoms with Crippen LogP contribution in [0, 0.1) is 0 Å². The van der Waals surface area contributed by atoms with Crippen molar-refractivity contribution < 1.29 is 4.79 Å². The van der Waals surface area contributed by atoms with Gasteiger partial charge >= 0.3 is 0 Å². The minimum Gasteiger partial charge on any atom is -0.296 e. The van der Waals surface area contributed by atoms with E-state index in [0.717, 1.165) is 5.69 Å². The fraction of sp³-hybridized carbons (Fsp3) is 0.308. The molecule has 2 rings (SSSR count). The van der Waals surface area contributed by atoms with E-state index >= 15 is 0 Å². The van der Waals surface area contributed by atoms with E-state index in [9.17, 15) is 4.79 Å². The average Bonchev–Trinajstić information content (AvgIpc) is 2.77. The summed E-state index contributed by atoms with van der Waals surface area (Å²) in [6, 6.07) is 3.15. The molecule has 0 saturated carbocycles. The third kappa shape index (κ3) is 3.52. The van der Waals surface area contributed by atoms with Gasteiger partial charge in [0.05, 0.1) is 5.69 Å². The molecule has 1 amide bonds. The van der Waals surface area contributed by atoms with Crippen molar-refractivity contribution in [1.82, 2.24) is 9.97 Å². The summed E-state index contributed by atoms with van der Waals surface area (Å²) in [5.74, 6) is -0.308.